The number of hydrogen-bond donors (Lipinski definition) is 0. The lowest BCUT2D eigenvalue weighted by molar-refractivity contribution is -0.150. The fraction of sp³-hybridized carbons (Fsp3) is 0.300. The molecule has 3 heteroatoms. The fourth-order valence-electron chi connectivity index (χ4n) is 3.75. The molecule has 2 aliphatic rings. The maximum Gasteiger partial charge on any atom is 0.310 e. The molecular formula is C20H18O3. The van der Waals surface area contributed by atoms with E-state index in [1.165, 1.54) is 0 Å². The zero-order valence-corrected chi connectivity index (χ0v) is 12.7. The summed E-state index contributed by atoms with van der Waals surface area (Å²) >= 11 is 0. The highest BCUT2D eigenvalue weighted by molar-refractivity contribution is 5.94. The predicted octanol–water partition coefficient (Wildman–Crippen LogP) is 3.54. The molecule has 23 heavy (non-hydrogen) atoms. The van der Waals surface area contributed by atoms with E-state index in [9.17, 15) is 9.59 Å². The maximum atomic E-state index is 12.5. The van der Waals surface area contributed by atoms with E-state index < -0.39 is 6.10 Å². The molecule has 0 heterocycles. The van der Waals surface area contributed by atoms with E-state index in [1.54, 1.807) is 0 Å². The van der Waals surface area contributed by atoms with Crippen molar-refractivity contribution in [3.63, 3.8) is 0 Å². The van der Waals surface area contributed by atoms with Crippen molar-refractivity contribution in [2.45, 2.75) is 18.9 Å². The van der Waals surface area contributed by atoms with Gasteiger partial charge in [0.05, 0.1) is 5.92 Å². The number of carbonyl (C=O) groups excluding carboxylic acids is 2. The van der Waals surface area contributed by atoms with Gasteiger partial charge >= 0.3 is 5.97 Å². The van der Waals surface area contributed by atoms with Crippen molar-refractivity contribution in [2.24, 2.45) is 17.8 Å². The van der Waals surface area contributed by atoms with E-state index in [4.69, 9.17) is 4.74 Å². The Hall–Kier alpha value is -2.42. The predicted molar refractivity (Wildman–Crippen MR) is 85.5 cm³/mol. The van der Waals surface area contributed by atoms with Crippen molar-refractivity contribution >= 4 is 11.8 Å². The van der Waals surface area contributed by atoms with E-state index in [0.29, 0.717) is 6.42 Å². The number of esters is 1. The Morgan fingerprint density at radius 1 is 0.957 bits per heavy atom. The molecule has 0 spiro atoms. The molecule has 0 amide bonds. The van der Waals surface area contributed by atoms with E-state index >= 15 is 0 Å². The molecule has 0 unspecified atom stereocenters. The Morgan fingerprint density at radius 3 is 2.00 bits per heavy atom. The first-order valence-corrected chi connectivity index (χ1v) is 8.09. The topological polar surface area (TPSA) is 43.4 Å². The van der Waals surface area contributed by atoms with E-state index in [2.05, 4.69) is 0 Å². The lowest BCUT2D eigenvalue weighted by Crippen LogP contribution is -2.17. The second-order valence-corrected chi connectivity index (χ2v) is 6.36. The average Bonchev–Trinajstić information content (AvgIpc) is 3.22. The summed E-state index contributed by atoms with van der Waals surface area (Å²) in [5, 5.41) is 0. The smallest absolute Gasteiger partial charge is 0.310 e. The molecule has 4 rings (SSSR count). The Balaban J connectivity index is 1.57. The van der Waals surface area contributed by atoms with Crippen LogP contribution in [0.15, 0.2) is 60.7 Å². The van der Waals surface area contributed by atoms with Gasteiger partial charge in [-0.3, -0.25) is 9.59 Å². The van der Waals surface area contributed by atoms with Crippen LogP contribution in [-0.2, 0) is 14.3 Å². The van der Waals surface area contributed by atoms with Gasteiger partial charge in [-0.05, 0) is 23.5 Å². The van der Waals surface area contributed by atoms with Gasteiger partial charge in [0.1, 0.15) is 5.78 Å². The van der Waals surface area contributed by atoms with Gasteiger partial charge < -0.3 is 4.74 Å². The van der Waals surface area contributed by atoms with Crippen LogP contribution in [0.2, 0.25) is 0 Å². The van der Waals surface area contributed by atoms with Gasteiger partial charge in [-0.25, -0.2) is 0 Å². The minimum absolute atomic E-state index is 0.0744. The first-order chi connectivity index (χ1) is 11.3. The van der Waals surface area contributed by atoms with Crippen LogP contribution < -0.4 is 0 Å². The lowest BCUT2D eigenvalue weighted by atomic mass is 10.0. The monoisotopic (exact) mass is 306 g/mol. The average molecular weight is 306 g/mol. The zero-order valence-electron chi connectivity index (χ0n) is 12.7. The van der Waals surface area contributed by atoms with Crippen LogP contribution in [0.5, 0.6) is 0 Å². The van der Waals surface area contributed by atoms with Crippen molar-refractivity contribution in [1.29, 1.82) is 0 Å². The lowest BCUT2D eigenvalue weighted by Gasteiger charge is -2.19. The normalized spacial score (nSPS) is 25.3. The Bertz CT molecular complexity index is 684. The molecule has 0 bridgehead atoms. The number of ether oxygens (including phenoxy) is 1. The number of ketones is 1. The van der Waals surface area contributed by atoms with Gasteiger partial charge in [-0.1, -0.05) is 60.7 Å². The second-order valence-electron chi connectivity index (χ2n) is 6.36. The molecule has 116 valence electrons. The zero-order chi connectivity index (χ0) is 15.8. The summed E-state index contributed by atoms with van der Waals surface area (Å²) in [6, 6.07) is 19.5. The SMILES string of the molecule is O=C1CC[C@H]2[C@@H]1[C@@H]2C(=O)OC(c1ccccc1)c1ccccc1. The van der Waals surface area contributed by atoms with Gasteiger partial charge in [0.25, 0.3) is 0 Å². The van der Waals surface area contributed by atoms with Gasteiger partial charge in [0, 0.05) is 12.3 Å². The molecule has 2 aromatic rings. The summed E-state index contributed by atoms with van der Waals surface area (Å²) in [6.45, 7) is 0. The summed E-state index contributed by atoms with van der Waals surface area (Å²) in [5.74, 6) is -0.0678. The van der Waals surface area contributed by atoms with Gasteiger partial charge in [0.2, 0.25) is 0 Å². The third kappa shape index (κ3) is 2.56. The minimum atomic E-state index is -0.415. The first kappa shape index (κ1) is 14.2. The molecule has 2 saturated carbocycles. The van der Waals surface area contributed by atoms with Crippen LogP contribution in [0, 0.1) is 17.8 Å². The quantitative estimate of drug-likeness (QED) is 0.811. The molecule has 0 radical (unpaired) electrons. The number of benzene rings is 2. The summed E-state index contributed by atoms with van der Waals surface area (Å²) in [7, 11) is 0. The second kappa shape index (κ2) is 5.65. The first-order valence-electron chi connectivity index (χ1n) is 8.09. The molecule has 0 aliphatic heterocycles. The van der Waals surface area contributed by atoms with Gasteiger partial charge in [-0.15, -0.1) is 0 Å². The van der Waals surface area contributed by atoms with Crippen LogP contribution in [-0.4, -0.2) is 11.8 Å². The minimum Gasteiger partial charge on any atom is -0.452 e. The van der Waals surface area contributed by atoms with Crippen LogP contribution in [0.1, 0.15) is 30.1 Å². The summed E-state index contributed by atoms with van der Waals surface area (Å²) in [5.41, 5.74) is 1.90. The van der Waals surface area contributed by atoms with E-state index in [0.717, 1.165) is 17.5 Å². The highest BCUT2D eigenvalue weighted by Crippen LogP contribution is 2.56. The number of Topliss-reactive ketones (excluding diaryl/α,β-unsaturated/α-hetero) is 1. The Morgan fingerprint density at radius 2 is 1.52 bits per heavy atom. The third-order valence-corrected chi connectivity index (χ3v) is 4.98. The van der Waals surface area contributed by atoms with Crippen molar-refractivity contribution in [3.8, 4) is 0 Å². The largest absolute Gasteiger partial charge is 0.452 e. The Labute approximate surface area is 135 Å². The van der Waals surface area contributed by atoms with Crippen LogP contribution in [0.3, 0.4) is 0 Å². The molecule has 3 nitrogen and oxygen atoms in total. The summed E-state index contributed by atoms with van der Waals surface area (Å²) in [6.07, 6.45) is 1.05. The molecule has 0 N–H and O–H groups in total. The number of fused-ring (bicyclic) bond motifs is 1. The molecule has 2 aromatic carbocycles. The molecule has 0 aromatic heterocycles. The van der Waals surface area contributed by atoms with Crippen LogP contribution in [0.4, 0.5) is 0 Å². The molecule has 0 saturated heterocycles. The third-order valence-electron chi connectivity index (χ3n) is 4.98. The summed E-state index contributed by atoms with van der Waals surface area (Å²) in [4.78, 5) is 24.3. The van der Waals surface area contributed by atoms with E-state index in [1.807, 2.05) is 60.7 Å². The molecular weight excluding hydrogens is 288 g/mol. The van der Waals surface area contributed by atoms with Gasteiger partial charge in [0.15, 0.2) is 6.10 Å². The van der Waals surface area contributed by atoms with Crippen molar-refractivity contribution in [1.82, 2.24) is 0 Å². The van der Waals surface area contributed by atoms with E-state index in [-0.39, 0.29) is 29.5 Å². The Kier molecular flexibility index (Phi) is 3.49. The van der Waals surface area contributed by atoms with Crippen molar-refractivity contribution < 1.29 is 14.3 Å². The van der Waals surface area contributed by atoms with Crippen molar-refractivity contribution in [3.05, 3.63) is 71.8 Å². The van der Waals surface area contributed by atoms with Crippen LogP contribution in [0.25, 0.3) is 0 Å². The highest BCUT2D eigenvalue weighted by Gasteiger charge is 2.62. The fourth-order valence-corrected chi connectivity index (χ4v) is 3.75. The van der Waals surface area contributed by atoms with Crippen LogP contribution >= 0.6 is 0 Å². The molecule has 2 fully saturated rings. The number of hydrogen-bond acceptors (Lipinski definition) is 3. The highest BCUT2D eigenvalue weighted by atomic mass is 16.5. The van der Waals surface area contributed by atoms with Gasteiger partial charge in [-0.2, -0.15) is 0 Å². The standard InChI is InChI=1S/C20H18O3/c21-16-12-11-15-17(16)18(15)20(22)23-19(13-7-3-1-4-8-13)14-9-5-2-6-10-14/h1-10,15,17-19H,11-12H2/t15-,17-,18+/m0/s1. The van der Waals surface area contributed by atoms with Crippen molar-refractivity contribution in [2.75, 3.05) is 0 Å². The molecule has 2 aliphatic carbocycles. The number of carbonyl (C=O) groups is 2. The number of rotatable bonds is 4. The molecule has 3 atom stereocenters. The maximum absolute atomic E-state index is 12.5. The summed E-state index contributed by atoms with van der Waals surface area (Å²) < 4.78 is 5.84.